The normalized spacial score (nSPS) is 10.3. The molecule has 0 saturated carbocycles. The van der Waals surface area contributed by atoms with E-state index >= 15 is 0 Å². The summed E-state index contributed by atoms with van der Waals surface area (Å²) in [7, 11) is 0. The van der Waals surface area contributed by atoms with Gasteiger partial charge in [0, 0.05) is 0 Å². The molecule has 64 valence electrons. The van der Waals surface area contributed by atoms with Gasteiger partial charge in [0.15, 0.2) is 0 Å². The smallest absolute Gasteiger partial charge is 0.290 e. The van der Waals surface area contributed by atoms with Crippen LogP contribution in [0.25, 0.3) is 0 Å². The highest BCUT2D eigenvalue weighted by atomic mass is 16.1. The quantitative estimate of drug-likeness (QED) is 0.701. The van der Waals surface area contributed by atoms with Crippen LogP contribution in [0.2, 0.25) is 0 Å². The SMILES string of the molecule is CC(C)c1cccc(C([NH3+])=O)c1. The summed E-state index contributed by atoms with van der Waals surface area (Å²) in [6, 6.07) is 7.62. The first-order valence-corrected chi connectivity index (χ1v) is 4.07. The third kappa shape index (κ3) is 1.92. The minimum Gasteiger partial charge on any atom is -0.290 e. The lowest BCUT2D eigenvalue weighted by Crippen LogP contribution is -2.56. The highest BCUT2D eigenvalue weighted by Gasteiger charge is 2.05. The summed E-state index contributed by atoms with van der Waals surface area (Å²) in [5.74, 6) is 0.349. The fraction of sp³-hybridized carbons (Fsp3) is 0.300. The monoisotopic (exact) mass is 164 g/mol. The second kappa shape index (κ2) is 3.50. The molecule has 0 unspecified atom stereocenters. The molecule has 12 heavy (non-hydrogen) atoms. The Morgan fingerprint density at radius 2 is 2.08 bits per heavy atom. The Balaban J connectivity index is 3.04. The first-order valence-electron chi connectivity index (χ1n) is 4.07. The summed E-state index contributed by atoms with van der Waals surface area (Å²) < 4.78 is 0. The Bertz CT molecular complexity index is 292. The summed E-state index contributed by atoms with van der Waals surface area (Å²) in [5, 5.41) is 0. The fourth-order valence-electron chi connectivity index (χ4n) is 1.07. The van der Waals surface area contributed by atoms with E-state index in [1.165, 1.54) is 5.56 Å². The maximum atomic E-state index is 10.9. The number of hydrogen-bond acceptors (Lipinski definition) is 1. The molecule has 1 aromatic rings. The molecule has 0 spiro atoms. The van der Waals surface area contributed by atoms with Crippen LogP contribution in [0.4, 0.5) is 0 Å². The molecule has 1 aromatic carbocycles. The van der Waals surface area contributed by atoms with Gasteiger partial charge in [-0.2, -0.15) is 0 Å². The zero-order valence-electron chi connectivity index (χ0n) is 7.50. The Morgan fingerprint density at radius 3 is 2.58 bits per heavy atom. The summed E-state index contributed by atoms with van der Waals surface area (Å²) in [5.41, 5.74) is 5.25. The Hall–Kier alpha value is -1.15. The maximum Gasteiger partial charge on any atom is 0.340 e. The van der Waals surface area contributed by atoms with Crippen molar-refractivity contribution in [1.82, 2.24) is 0 Å². The summed E-state index contributed by atoms with van der Waals surface area (Å²) in [4.78, 5) is 10.9. The van der Waals surface area contributed by atoms with Gasteiger partial charge in [-0.05, 0) is 23.6 Å². The highest BCUT2D eigenvalue weighted by Crippen LogP contribution is 2.14. The molecular formula is C10H14NO+. The van der Waals surface area contributed by atoms with Gasteiger partial charge in [0.05, 0.1) is 5.56 Å². The zero-order chi connectivity index (χ0) is 9.14. The average molecular weight is 164 g/mol. The van der Waals surface area contributed by atoms with Crippen molar-refractivity contribution in [3.05, 3.63) is 35.4 Å². The van der Waals surface area contributed by atoms with E-state index in [9.17, 15) is 4.79 Å². The standard InChI is InChI=1S/C10H13NO/c1-7(2)8-4-3-5-9(6-8)10(11)12/h3-7H,1-2H3,(H2,11,12)/p+1. The van der Waals surface area contributed by atoms with Crippen LogP contribution in [-0.4, -0.2) is 5.91 Å². The molecule has 0 aliphatic carbocycles. The number of benzene rings is 1. The topological polar surface area (TPSA) is 44.7 Å². The predicted octanol–water partition coefficient (Wildman–Crippen LogP) is 1.19. The van der Waals surface area contributed by atoms with E-state index in [1.54, 1.807) is 6.07 Å². The predicted molar refractivity (Wildman–Crippen MR) is 47.7 cm³/mol. The molecule has 0 aromatic heterocycles. The molecule has 0 aliphatic rings. The van der Waals surface area contributed by atoms with Crippen molar-refractivity contribution in [2.45, 2.75) is 19.8 Å². The molecule has 2 heteroatoms. The summed E-state index contributed by atoms with van der Waals surface area (Å²) >= 11 is 0. The second-order valence-corrected chi connectivity index (χ2v) is 3.20. The average Bonchev–Trinajstić information content (AvgIpc) is 2.04. The van der Waals surface area contributed by atoms with Gasteiger partial charge in [0.1, 0.15) is 0 Å². The van der Waals surface area contributed by atoms with E-state index in [0.717, 1.165) is 0 Å². The third-order valence-electron chi connectivity index (χ3n) is 1.88. The van der Waals surface area contributed by atoms with E-state index in [0.29, 0.717) is 11.5 Å². The maximum absolute atomic E-state index is 10.9. The van der Waals surface area contributed by atoms with Crippen LogP contribution >= 0.6 is 0 Å². The van der Waals surface area contributed by atoms with Crippen molar-refractivity contribution in [2.75, 3.05) is 0 Å². The van der Waals surface area contributed by atoms with Gasteiger partial charge in [0.2, 0.25) is 0 Å². The largest absolute Gasteiger partial charge is 0.340 e. The Kier molecular flexibility index (Phi) is 2.61. The highest BCUT2D eigenvalue weighted by molar-refractivity contribution is 5.85. The third-order valence-corrected chi connectivity index (χ3v) is 1.88. The van der Waals surface area contributed by atoms with Crippen LogP contribution in [0.1, 0.15) is 35.7 Å². The van der Waals surface area contributed by atoms with Crippen LogP contribution in [-0.2, 0) is 0 Å². The van der Waals surface area contributed by atoms with E-state index in [1.807, 2.05) is 18.2 Å². The number of amides is 1. The molecule has 0 fully saturated rings. The van der Waals surface area contributed by atoms with Crippen LogP contribution in [0.3, 0.4) is 0 Å². The summed E-state index contributed by atoms with van der Waals surface area (Å²) in [6.07, 6.45) is 0. The van der Waals surface area contributed by atoms with E-state index in [2.05, 4.69) is 19.6 Å². The van der Waals surface area contributed by atoms with Crippen molar-refractivity contribution >= 4 is 5.91 Å². The van der Waals surface area contributed by atoms with Crippen LogP contribution in [0.5, 0.6) is 0 Å². The molecule has 0 aliphatic heterocycles. The molecule has 0 heterocycles. The Labute approximate surface area is 72.4 Å². The number of carbonyl (C=O) groups excluding carboxylic acids is 1. The van der Waals surface area contributed by atoms with Gasteiger partial charge in [-0.3, -0.25) is 5.73 Å². The first kappa shape index (κ1) is 8.94. The molecule has 0 atom stereocenters. The lowest BCUT2D eigenvalue weighted by molar-refractivity contribution is -0.255. The van der Waals surface area contributed by atoms with Crippen LogP contribution in [0, 0.1) is 0 Å². The van der Waals surface area contributed by atoms with Crippen molar-refractivity contribution in [3.63, 3.8) is 0 Å². The van der Waals surface area contributed by atoms with Gasteiger partial charge >= 0.3 is 5.91 Å². The minimum atomic E-state index is -0.113. The van der Waals surface area contributed by atoms with Gasteiger partial charge < -0.3 is 0 Å². The van der Waals surface area contributed by atoms with Crippen molar-refractivity contribution < 1.29 is 10.5 Å². The molecular weight excluding hydrogens is 150 g/mol. The van der Waals surface area contributed by atoms with Gasteiger partial charge in [0.25, 0.3) is 0 Å². The molecule has 2 nitrogen and oxygen atoms in total. The van der Waals surface area contributed by atoms with E-state index in [-0.39, 0.29) is 5.91 Å². The van der Waals surface area contributed by atoms with Gasteiger partial charge in [-0.15, -0.1) is 0 Å². The van der Waals surface area contributed by atoms with Crippen molar-refractivity contribution in [3.8, 4) is 0 Å². The number of hydrogen-bond donors (Lipinski definition) is 1. The van der Waals surface area contributed by atoms with Crippen molar-refractivity contribution in [1.29, 1.82) is 0 Å². The minimum absolute atomic E-state index is 0.113. The summed E-state index contributed by atoms with van der Waals surface area (Å²) in [6.45, 7) is 4.21. The van der Waals surface area contributed by atoms with Crippen molar-refractivity contribution in [2.24, 2.45) is 0 Å². The second-order valence-electron chi connectivity index (χ2n) is 3.20. The number of rotatable bonds is 2. The van der Waals surface area contributed by atoms with Crippen LogP contribution in [0.15, 0.2) is 24.3 Å². The van der Waals surface area contributed by atoms with Gasteiger partial charge in [-0.25, -0.2) is 4.79 Å². The first-order chi connectivity index (χ1) is 5.61. The molecule has 1 amide bonds. The molecule has 3 N–H and O–H groups in total. The molecule has 0 radical (unpaired) electrons. The lowest BCUT2D eigenvalue weighted by Gasteiger charge is -2.04. The molecule has 0 saturated heterocycles. The van der Waals surface area contributed by atoms with Gasteiger partial charge in [-0.1, -0.05) is 26.0 Å². The fourth-order valence-corrected chi connectivity index (χ4v) is 1.07. The lowest BCUT2D eigenvalue weighted by atomic mass is 10.0. The number of carbonyl (C=O) groups is 1. The number of quaternary nitrogens is 1. The van der Waals surface area contributed by atoms with E-state index < -0.39 is 0 Å². The molecule has 1 rings (SSSR count). The van der Waals surface area contributed by atoms with Crippen LogP contribution < -0.4 is 5.73 Å². The Morgan fingerprint density at radius 1 is 1.42 bits per heavy atom. The zero-order valence-corrected chi connectivity index (χ0v) is 7.50. The van der Waals surface area contributed by atoms with E-state index in [4.69, 9.17) is 0 Å². The molecule has 0 bridgehead atoms.